The highest BCUT2D eigenvalue weighted by Gasteiger charge is 2.32. The average Bonchev–Trinajstić information content (AvgIpc) is 3.55. The van der Waals surface area contributed by atoms with Crippen LogP contribution in [0, 0.1) is 0 Å². The highest BCUT2D eigenvalue weighted by Crippen LogP contribution is 2.34. The second-order valence-electron chi connectivity index (χ2n) is 10.4. The molecule has 2 aliphatic heterocycles. The molecule has 10 nitrogen and oxygen atoms in total. The van der Waals surface area contributed by atoms with Crippen molar-refractivity contribution in [3.63, 3.8) is 0 Å². The van der Waals surface area contributed by atoms with Crippen LogP contribution in [0.3, 0.4) is 0 Å². The van der Waals surface area contributed by atoms with Crippen LogP contribution in [-0.2, 0) is 16.0 Å². The van der Waals surface area contributed by atoms with Crippen molar-refractivity contribution in [2.24, 2.45) is 0 Å². The van der Waals surface area contributed by atoms with Crippen LogP contribution in [0.5, 0.6) is 0 Å². The molecular weight excluding hydrogens is 480 g/mol. The Labute approximate surface area is 221 Å². The van der Waals surface area contributed by atoms with E-state index in [9.17, 15) is 4.79 Å². The van der Waals surface area contributed by atoms with Gasteiger partial charge in [0.1, 0.15) is 0 Å². The zero-order valence-electron chi connectivity index (χ0n) is 22.3. The number of tetrazole rings is 1. The number of morpholine rings is 1. The summed E-state index contributed by atoms with van der Waals surface area (Å²) in [5.41, 5.74) is 6.55. The van der Waals surface area contributed by atoms with Gasteiger partial charge in [-0.2, -0.15) is 5.10 Å². The Bertz CT molecular complexity index is 1540. The standard InChI is InChI=1S/C28H32N8O2/c1-16-14-35(15-17(2)38-16)22-8-6-7-21(13-22)27-23-11-20(9-10-24(23)29-30-27)12-25(37)26-18(3)34(5)28-31-32-33-36(28)19(26)4/h6-11,13,16-17,19H,12,14-15H2,1-5H3,(H,29,30)/t16-,17+,19-/m1/s1. The number of H-pyrrole nitrogens is 1. The Morgan fingerprint density at radius 2 is 1.89 bits per heavy atom. The predicted octanol–water partition coefficient (Wildman–Crippen LogP) is 3.93. The molecule has 2 aliphatic rings. The van der Waals surface area contributed by atoms with Crippen molar-refractivity contribution in [3.8, 4) is 11.3 Å². The summed E-state index contributed by atoms with van der Waals surface area (Å²) in [6.07, 6.45) is 0.657. The summed E-state index contributed by atoms with van der Waals surface area (Å²) in [5, 5.41) is 20.8. The van der Waals surface area contributed by atoms with E-state index >= 15 is 0 Å². The molecule has 6 rings (SSSR count). The molecule has 196 valence electrons. The Morgan fingerprint density at radius 3 is 2.68 bits per heavy atom. The number of allylic oxidation sites excluding steroid dienone is 2. The van der Waals surface area contributed by atoms with Gasteiger partial charge in [0, 0.05) is 54.5 Å². The van der Waals surface area contributed by atoms with Crippen molar-refractivity contribution >= 4 is 28.3 Å². The minimum absolute atomic E-state index is 0.0601. The van der Waals surface area contributed by atoms with Crippen molar-refractivity contribution in [1.82, 2.24) is 30.4 Å². The summed E-state index contributed by atoms with van der Waals surface area (Å²) in [7, 11) is 1.88. The fourth-order valence-corrected chi connectivity index (χ4v) is 5.76. The van der Waals surface area contributed by atoms with E-state index in [0.717, 1.165) is 57.8 Å². The van der Waals surface area contributed by atoms with E-state index in [2.05, 4.69) is 74.8 Å². The minimum atomic E-state index is -0.231. The molecule has 0 spiro atoms. The zero-order valence-corrected chi connectivity index (χ0v) is 22.3. The Hall–Kier alpha value is -4.05. The van der Waals surface area contributed by atoms with Crippen LogP contribution in [0.25, 0.3) is 22.2 Å². The molecular formula is C28H32N8O2. The third-order valence-electron chi connectivity index (χ3n) is 7.65. The molecule has 10 heteroatoms. The van der Waals surface area contributed by atoms with Gasteiger partial charge in [-0.05, 0) is 68.0 Å². The fourth-order valence-electron chi connectivity index (χ4n) is 5.76. The molecule has 38 heavy (non-hydrogen) atoms. The Balaban J connectivity index is 1.29. The van der Waals surface area contributed by atoms with Crippen molar-refractivity contribution in [2.45, 2.75) is 52.4 Å². The number of aromatic amines is 1. The lowest BCUT2D eigenvalue weighted by atomic mass is 9.94. The van der Waals surface area contributed by atoms with Crippen molar-refractivity contribution in [2.75, 3.05) is 29.9 Å². The highest BCUT2D eigenvalue weighted by molar-refractivity contribution is 6.00. The number of ether oxygens (including phenoxy) is 1. The monoisotopic (exact) mass is 512 g/mol. The third kappa shape index (κ3) is 4.14. The average molecular weight is 513 g/mol. The topological polar surface area (TPSA) is 105 Å². The van der Waals surface area contributed by atoms with Crippen LogP contribution in [-0.4, -0.2) is 68.5 Å². The summed E-state index contributed by atoms with van der Waals surface area (Å²) >= 11 is 0. The molecule has 0 amide bonds. The maximum Gasteiger partial charge on any atom is 0.250 e. The van der Waals surface area contributed by atoms with Crippen LogP contribution in [0.2, 0.25) is 0 Å². The first-order valence-electron chi connectivity index (χ1n) is 13.0. The number of hydrogen-bond donors (Lipinski definition) is 1. The number of ketones is 1. The van der Waals surface area contributed by atoms with Gasteiger partial charge in [-0.25, -0.2) is 4.68 Å². The number of hydrogen-bond acceptors (Lipinski definition) is 8. The third-order valence-corrected chi connectivity index (χ3v) is 7.65. The van der Waals surface area contributed by atoms with E-state index in [1.54, 1.807) is 4.68 Å². The van der Waals surface area contributed by atoms with Crippen LogP contribution >= 0.6 is 0 Å². The molecule has 1 fully saturated rings. The van der Waals surface area contributed by atoms with E-state index in [0.29, 0.717) is 5.95 Å². The maximum absolute atomic E-state index is 13.6. The number of rotatable bonds is 5. The lowest BCUT2D eigenvalue weighted by molar-refractivity contribution is -0.115. The summed E-state index contributed by atoms with van der Waals surface area (Å²) in [6.45, 7) is 9.85. The van der Waals surface area contributed by atoms with Gasteiger partial charge in [0.25, 0.3) is 0 Å². The predicted molar refractivity (Wildman–Crippen MR) is 146 cm³/mol. The van der Waals surface area contributed by atoms with E-state index < -0.39 is 0 Å². The first-order chi connectivity index (χ1) is 18.3. The second kappa shape index (κ2) is 9.36. The minimum Gasteiger partial charge on any atom is -0.372 e. The second-order valence-corrected chi connectivity index (χ2v) is 10.4. The smallest absolute Gasteiger partial charge is 0.250 e. The summed E-state index contributed by atoms with van der Waals surface area (Å²) in [5.74, 6) is 0.698. The van der Waals surface area contributed by atoms with E-state index in [1.165, 1.54) is 0 Å². The van der Waals surface area contributed by atoms with E-state index in [1.807, 2.05) is 37.9 Å². The summed E-state index contributed by atoms with van der Waals surface area (Å²) < 4.78 is 7.61. The number of carbonyl (C=O) groups excluding carboxylic acids is 1. The number of benzene rings is 2. The molecule has 3 atom stereocenters. The van der Waals surface area contributed by atoms with Crippen LogP contribution < -0.4 is 9.80 Å². The van der Waals surface area contributed by atoms with Crippen molar-refractivity contribution in [1.29, 1.82) is 0 Å². The molecule has 2 aromatic carbocycles. The van der Waals surface area contributed by atoms with Crippen molar-refractivity contribution < 1.29 is 9.53 Å². The molecule has 0 saturated carbocycles. The van der Waals surface area contributed by atoms with Gasteiger partial charge >= 0.3 is 0 Å². The number of carbonyl (C=O) groups is 1. The molecule has 0 bridgehead atoms. The quantitative estimate of drug-likeness (QED) is 0.429. The lowest BCUT2D eigenvalue weighted by Crippen LogP contribution is -2.45. The van der Waals surface area contributed by atoms with Crippen LogP contribution in [0.4, 0.5) is 11.6 Å². The van der Waals surface area contributed by atoms with Crippen LogP contribution in [0.15, 0.2) is 53.7 Å². The first kappa shape index (κ1) is 24.3. The number of fused-ring (bicyclic) bond motifs is 2. The van der Waals surface area contributed by atoms with Gasteiger partial charge < -0.3 is 14.5 Å². The molecule has 0 aliphatic carbocycles. The maximum atomic E-state index is 13.6. The number of nitrogens with one attached hydrogen (secondary N) is 1. The molecule has 1 saturated heterocycles. The van der Waals surface area contributed by atoms with Gasteiger partial charge in [0.2, 0.25) is 5.95 Å². The molecule has 1 N–H and O–H groups in total. The molecule has 0 radical (unpaired) electrons. The first-order valence-corrected chi connectivity index (χ1v) is 13.0. The number of aromatic nitrogens is 6. The van der Waals surface area contributed by atoms with Gasteiger partial charge in [-0.1, -0.05) is 23.3 Å². The summed E-state index contributed by atoms with van der Waals surface area (Å²) in [4.78, 5) is 17.8. The Kier molecular flexibility index (Phi) is 5.98. The zero-order chi connectivity index (χ0) is 26.6. The van der Waals surface area contributed by atoms with E-state index in [4.69, 9.17) is 4.74 Å². The summed E-state index contributed by atoms with van der Waals surface area (Å²) in [6, 6.07) is 14.3. The normalized spacial score (nSPS) is 21.8. The van der Waals surface area contributed by atoms with Gasteiger partial charge in [0.05, 0.1) is 29.5 Å². The van der Waals surface area contributed by atoms with Crippen molar-refractivity contribution in [3.05, 3.63) is 59.3 Å². The van der Waals surface area contributed by atoms with E-state index in [-0.39, 0.29) is 30.5 Å². The number of Topliss-reactive ketones (excluding diaryl/α,β-unsaturated/α-hetero) is 1. The molecule has 4 heterocycles. The molecule has 2 aromatic heterocycles. The lowest BCUT2D eigenvalue weighted by Gasteiger charge is -2.37. The van der Waals surface area contributed by atoms with Gasteiger partial charge in [0.15, 0.2) is 5.78 Å². The molecule has 4 aromatic rings. The highest BCUT2D eigenvalue weighted by atomic mass is 16.5. The van der Waals surface area contributed by atoms with Crippen LogP contribution in [0.1, 0.15) is 39.3 Å². The Morgan fingerprint density at radius 1 is 1.11 bits per heavy atom. The number of anilines is 2. The number of nitrogens with zero attached hydrogens (tertiary/aromatic N) is 7. The van der Waals surface area contributed by atoms with Gasteiger partial charge in [-0.15, -0.1) is 0 Å². The SMILES string of the molecule is CC1=C(C(=O)Cc2ccc3[nH]nc(-c4cccc(N5C[C@@H](C)O[C@@H](C)C5)c4)c3c2)[C@@H](C)n2nnnc2N1C. The molecule has 0 unspecified atom stereocenters. The largest absolute Gasteiger partial charge is 0.372 e. The van der Waals surface area contributed by atoms with Gasteiger partial charge in [-0.3, -0.25) is 9.89 Å². The fraction of sp³-hybridized carbons (Fsp3) is 0.393.